The Bertz CT molecular complexity index is 816. The van der Waals surface area contributed by atoms with Gasteiger partial charge in [0.05, 0.1) is 4.90 Å². The van der Waals surface area contributed by atoms with Crippen molar-refractivity contribution < 1.29 is 8.42 Å². The van der Waals surface area contributed by atoms with Crippen molar-refractivity contribution in [3.8, 4) is 0 Å². The summed E-state index contributed by atoms with van der Waals surface area (Å²) in [7, 11) is -3.64. The van der Waals surface area contributed by atoms with Crippen molar-refractivity contribution in [2.24, 2.45) is 0 Å². The number of hydrogen-bond acceptors (Lipinski definition) is 6. The number of sulfonamides is 1. The van der Waals surface area contributed by atoms with Gasteiger partial charge < -0.3 is 0 Å². The Balaban J connectivity index is 2.03. The van der Waals surface area contributed by atoms with Crippen LogP contribution in [0.2, 0.25) is 0 Å². The number of pyridine rings is 1. The van der Waals surface area contributed by atoms with E-state index >= 15 is 0 Å². The zero-order valence-electron chi connectivity index (χ0n) is 9.52. The minimum atomic E-state index is -3.64. The van der Waals surface area contributed by atoms with Crippen molar-refractivity contribution in [1.82, 2.24) is 15.2 Å². The van der Waals surface area contributed by atoms with Crippen LogP contribution < -0.4 is 4.72 Å². The molecule has 0 spiro atoms. The molecule has 3 rings (SSSR count). The molecule has 0 saturated heterocycles. The largest absolute Gasteiger partial charge is 0.264 e. The number of rotatable bonds is 3. The van der Waals surface area contributed by atoms with Crippen molar-refractivity contribution in [1.29, 1.82) is 0 Å². The number of nitrogens with one attached hydrogen (secondary N) is 1. The summed E-state index contributed by atoms with van der Waals surface area (Å²) in [6, 6.07) is 6.62. The summed E-state index contributed by atoms with van der Waals surface area (Å²) in [5, 5.41) is 9.19. The molecule has 0 aliphatic carbocycles. The van der Waals surface area contributed by atoms with E-state index in [1.165, 1.54) is 11.6 Å². The highest BCUT2D eigenvalue weighted by Gasteiger charge is 2.16. The number of benzene rings is 1. The van der Waals surface area contributed by atoms with E-state index in [2.05, 4.69) is 19.9 Å². The van der Waals surface area contributed by atoms with Gasteiger partial charge in [0.1, 0.15) is 5.51 Å². The van der Waals surface area contributed by atoms with Crippen LogP contribution in [-0.2, 0) is 10.0 Å². The molecular weight excluding hydrogens is 284 g/mol. The molecular formula is C11H8N4O2S2. The normalized spacial score (nSPS) is 11.6. The molecule has 8 heteroatoms. The number of fused-ring (bicyclic) bond motifs is 1. The molecule has 19 heavy (non-hydrogen) atoms. The number of nitrogens with zero attached hydrogens (tertiary/aromatic N) is 3. The predicted molar refractivity (Wildman–Crippen MR) is 72.5 cm³/mol. The Labute approximate surface area is 113 Å². The summed E-state index contributed by atoms with van der Waals surface area (Å²) in [5.41, 5.74) is 1.46. The lowest BCUT2D eigenvalue weighted by molar-refractivity contribution is 0.601. The second kappa shape index (κ2) is 4.56. The molecule has 0 atom stereocenters. The highest BCUT2D eigenvalue weighted by molar-refractivity contribution is 7.93. The van der Waals surface area contributed by atoms with Crippen molar-refractivity contribution in [2.75, 3.05) is 4.72 Å². The van der Waals surface area contributed by atoms with Crippen molar-refractivity contribution in [3.05, 3.63) is 42.2 Å². The molecule has 96 valence electrons. The first kappa shape index (κ1) is 12.0. The highest BCUT2D eigenvalue weighted by atomic mass is 32.2. The molecule has 3 aromatic rings. The molecule has 2 heterocycles. The quantitative estimate of drug-likeness (QED) is 0.796. The minimum Gasteiger partial charge on any atom is -0.264 e. The van der Waals surface area contributed by atoms with Gasteiger partial charge in [-0.3, -0.25) is 9.71 Å². The maximum absolute atomic E-state index is 12.2. The summed E-state index contributed by atoms with van der Waals surface area (Å²) < 4.78 is 26.7. The van der Waals surface area contributed by atoms with Crippen molar-refractivity contribution in [2.45, 2.75) is 4.90 Å². The minimum absolute atomic E-state index is 0.182. The molecule has 0 bridgehead atoms. The average molecular weight is 292 g/mol. The summed E-state index contributed by atoms with van der Waals surface area (Å²) in [6.07, 6.45) is 3.31. The molecule has 0 radical (unpaired) electrons. The van der Waals surface area contributed by atoms with Crippen LogP contribution in [0.1, 0.15) is 0 Å². The van der Waals surface area contributed by atoms with Gasteiger partial charge in [-0.1, -0.05) is 17.4 Å². The lowest BCUT2D eigenvalue weighted by Gasteiger charge is -2.05. The maximum atomic E-state index is 12.2. The van der Waals surface area contributed by atoms with E-state index in [1.54, 1.807) is 30.6 Å². The van der Waals surface area contributed by atoms with Crippen LogP contribution in [0.5, 0.6) is 0 Å². The molecule has 6 nitrogen and oxygen atoms in total. The fourth-order valence-electron chi connectivity index (χ4n) is 1.62. The van der Waals surface area contributed by atoms with E-state index in [4.69, 9.17) is 0 Å². The Hall–Kier alpha value is -2.06. The van der Waals surface area contributed by atoms with E-state index in [-0.39, 0.29) is 10.0 Å². The van der Waals surface area contributed by atoms with Crippen molar-refractivity contribution in [3.63, 3.8) is 0 Å². The van der Waals surface area contributed by atoms with Crippen LogP contribution in [0.4, 0.5) is 5.13 Å². The van der Waals surface area contributed by atoms with E-state index in [9.17, 15) is 8.42 Å². The Morgan fingerprint density at radius 2 is 2.05 bits per heavy atom. The SMILES string of the molecule is O=S(=O)(Nc1nncs1)c1ccc2cnccc2c1. The van der Waals surface area contributed by atoms with Crippen molar-refractivity contribution >= 4 is 37.3 Å². The fraction of sp³-hybridized carbons (Fsp3) is 0. The van der Waals surface area contributed by atoms with Gasteiger partial charge in [-0.05, 0) is 23.6 Å². The number of aromatic nitrogens is 3. The van der Waals surface area contributed by atoms with E-state index < -0.39 is 10.0 Å². The zero-order chi connectivity index (χ0) is 13.3. The molecule has 0 saturated carbocycles. The molecule has 0 aliphatic heterocycles. The van der Waals surface area contributed by atoms with E-state index in [0.29, 0.717) is 0 Å². The molecule has 0 unspecified atom stereocenters. The van der Waals surface area contributed by atoms with Crippen LogP contribution in [0.15, 0.2) is 47.1 Å². The van der Waals surface area contributed by atoms with E-state index in [1.807, 2.05) is 0 Å². The fourth-order valence-corrected chi connectivity index (χ4v) is 3.35. The topological polar surface area (TPSA) is 84.8 Å². The molecule has 1 N–H and O–H groups in total. The van der Waals surface area contributed by atoms with Crippen LogP contribution >= 0.6 is 11.3 Å². The summed E-state index contributed by atoms with van der Waals surface area (Å²) >= 11 is 1.13. The molecule has 0 aliphatic rings. The summed E-state index contributed by atoms with van der Waals surface area (Å²) in [4.78, 5) is 4.17. The molecule has 0 amide bonds. The van der Waals surface area contributed by atoms with Gasteiger partial charge in [0.15, 0.2) is 0 Å². The van der Waals surface area contributed by atoms with E-state index in [0.717, 1.165) is 22.1 Å². The van der Waals surface area contributed by atoms with Crippen LogP contribution in [0, 0.1) is 0 Å². The van der Waals surface area contributed by atoms with Gasteiger partial charge in [0, 0.05) is 17.8 Å². The average Bonchev–Trinajstić information content (AvgIpc) is 2.90. The van der Waals surface area contributed by atoms with Gasteiger partial charge in [-0.2, -0.15) is 0 Å². The maximum Gasteiger partial charge on any atom is 0.263 e. The van der Waals surface area contributed by atoms with Gasteiger partial charge in [0.25, 0.3) is 10.0 Å². The molecule has 2 aromatic heterocycles. The Morgan fingerprint density at radius 1 is 1.16 bits per heavy atom. The molecule has 0 fully saturated rings. The third-order valence-electron chi connectivity index (χ3n) is 2.50. The lowest BCUT2D eigenvalue weighted by Crippen LogP contribution is -2.12. The first-order valence-electron chi connectivity index (χ1n) is 5.28. The number of hydrogen-bond donors (Lipinski definition) is 1. The van der Waals surface area contributed by atoms with Crippen LogP contribution in [0.25, 0.3) is 10.8 Å². The first-order chi connectivity index (χ1) is 9.15. The Morgan fingerprint density at radius 3 is 2.84 bits per heavy atom. The molecule has 1 aromatic carbocycles. The monoisotopic (exact) mass is 292 g/mol. The van der Waals surface area contributed by atoms with Gasteiger partial charge in [-0.15, -0.1) is 10.2 Å². The zero-order valence-corrected chi connectivity index (χ0v) is 11.1. The third kappa shape index (κ3) is 2.40. The lowest BCUT2D eigenvalue weighted by atomic mass is 10.2. The Kier molecular flexibility index (Phi) is 2.88. The third-order valence-corrected chi connectivity index (χ3v) is 4.58. The standard InChI is InChI=1S/C11H8N4O2S2/c16-19(17,15-11-14-13-7-18-11)10-2-1-9-6-12-4-3-8(9)5-10/h1-7H,(H,14,15). The predicted octanol–water partition coefficient (Wildman–Crippen LogP) is 1.89. The highest BCUT2D eigenvalue weighted by Crippen LogP contribution is 2.21. The van der Waals surface area contributed by atoms with Gasteiger partial charge >= 0.3 is 0 Å². The van der Waals surface area contributed by atoms with Gasteiger partial charge in [-0.25, -0.2) is 8.42 Å². The van der Waals surface area contributed by atoms with Crippen LogP contribution in [0.3, 0.4) is 0 Å². The summed E-state index contributed by atoms with van der Waals surface area (Å²) in [5.74, 6) is 0. The van der Waals surface area contributed by atoms with Gasteiger partial charge in [0.2, 0.25) is 5.13 Å². The first-order valence-corrected chi connectivity index (χ1v) is 7.64. The second-order valence-electron chi connectivity index (χ2n) is 3.73. The second-order valence-corrected chi connectivity index (χ2v) is 6.25. The van der Waals surface area contributed by atoms with Crippen LogP contribution in [-0.4, -0.2) is 23.6 Å². The number of anilines is 1. The smallest absolute Gasteiger partial charge is 0.263 e. The summed E-state index contributed by atoms with van der Waals surface area (Å²) in [6.45, 7) is 0.